The van der Waals surface area contributed by atoms with E-state index < -0.39 is 21.8 Å². The van der Waals surface area contributed by atoms with Gasteiger partial charge in [-0.15, -0.1) is 0 Å². The maximum Gasteiger partial charge on any atom is 0.416 e. The third-order valence-corrected chi connectivity index (χ3v) is 7.92. The smallest absolute Gasteiger partial charge is 0.339 e. The van der Waals surface area contributed by atoms with Crippen LogP contribution in [0, 0.1) is 11.8 Å². The van der Waals surface area contributed by atoms with Crippen LogP contribution in [0.15, 0.2) is 29.2 Å². The molecule has 4 rings (SSSR count). The van der Waals surface area contributed by atoms with Crippen LogP contribution in [0.2, 0.25) is 0 Å². The summed E-state index contributed by atoms with van der Waals surface area (Å²) in [7, 11) is -4.02. The third kappa shape index (κ3) is 4.60. The molecule has 3 aliphatic rings. The zero-order chi connectivity index (χ0) is 20.8. The summed E-state index contributed by atoms with van der Waals surface area (Å²) in [5, 5.41) is 0. The van der Waals surface area contributed by atoms with Gasteiger partial charge in [0.1, 0.15) is 0 Å². The van der Waals surface area contributed by atoms with Gasteiger partial charge in [0.05, 0.1) is 10.5 Å². The average molecular weight is 430 g/mol. The van der Waals surface area contributed by atoms with Crippen LogP contribution >= 0.6 is 0 Å². The largest absolute Gasteiger partial charge is 0.416 e. The van der Waals surface area contributed by atoms with Crippen molar-refractivity contribution in [3.63, 3.8) is 0 Å². The van der Waals surface area contributed by atoms with Crippen molar-refractivity contribution in [1.29, 1.82) is 0 Å². The van der Waals surface area contributed by atoms with Crippen LogP contribution in [-0.2, 0) is 21.0 Å². The van der Waals surface area contributed by atoms with Gasteiger partial charge in [-0.05, 0) is 62.6 Å². The van der Waals surface area contributed by atoms with E-state index in [-0.39, 0.29) is 29.8 Å². The van der Waals surface area contributed by atoms with Gasteiger partial charge in [0.15, 0.2) is 0 Å². The number of carbonyl (C=O) groups excluding carboxylic acids is 1. The topological polar surface area (TPSA) is 57.7 Å². The lowest BCUT2D eigenvalue weighted by Crippen LogP contribution is -2.45. The standard InChI is InChI=1S/C20H25F3N2O3S/c21-20(22,23)16-2-1-3-18(12-16)29(27,28)24-10-8-15(9-11-24)19(26)25(17-6-7-17)13-14-4-5-14/h1-3,12,14-15,17H,4-11,13H2. The molecule has 0 unspecified atom stereocenters. The molecule has 1 amide bonds. The Kier molecular flexibility index (Phi) is 5.40. The number of piperidine rings is 1. The molecule has 1 aromatic rings. The summed E-state index contributed by atoms with van der Waals surface area (Å²) < 4.78 is 65.6. The lowest BCUT2D eigenvalue weighted by atomic mass is 9.96. The van der Waals surface area contributed by atoms with Crippen LogP contribution in [-0.4, -0.2) is 49.2 Å². The third-order valence-electron chi connectivity index (χ3n) is 6.02. The molecule has 0 aromatic heterocycles. The average Bonchev–Trinajstić information content (AvgIpc) is 3.59. The normalized spacial score (nSPS) is 21.9. The number of hydrogen-bond donors (Lipinski definition) is 0. The van der Waals surface area contributed by atoms with Gasteiger partial charge in [-0.25, -0.2) is 8.42 Å². The van der Waals surface area contributed by atoms with E-state index in [9.17, 15) is 26.4 Å². The number of halogens is 3. The molecule has 3 fully saturated rings. The summed E-state index contributed by atoms with van der Waals surface area (Å²) in [5.41, 5.74) is -0.983. The van der Waals surface area contributed by atoms with Crippen LogP contribution in [0.5, 0.6) is 0 Å². The fourth-order valence-corrected chi connectivity index (χ4v) is 5.46. The summed E-state index contributed by atoms with van der Waals surface area (Å²) in [6.45, 7) is 1.11. The maximum atomic E-state index is 13.0. The van der Waals surface area contributed by atoms with E-state index in [1.165, 1.54) is 23.2 Å². The molecule has 1 aromatic carbocycles. The van der Waals surface area contributed by atoms with Gasteiger partial charge in [-0.3, -0.25) is 4.79 Å². The Hall–Kier alpha value is -1.61. The Bertz CT molecular complexity index is 871. The van der Waals surface area contributed by atoms with Gasteiger partial charge in [0.2, 0.25) is 15.9 Å². The molecular formula is C20H25F3N2O3S. The number of alkyl halides is 3. The molecule has 0 spiro atoms. The van der Waals surface area contributed by atoms with Crippen molar-refractivity contribution in [2.75, 3.05) is 19.6 Å². The molecule has 0 N–H and O–H groups in total. The van der Waals surface area contributed by atoms with E-state index in [0.717, 1.165) is 31.5 Å². The monoisotopic (exact) mass is 430 g/mol. The van der Waals surface area contributed by atoms with Crippen molar-refractivity contribution in [2.24, 2.45) is 11.8 Å². The highest BCUT2D eigenvalue weighted by Crippen LogP contribution is 2.37. The molecular weight excluding hydrogens is 405 g/mol. The summed E-state index contributed by atoms with van der Waals surface area (Å²) in [4.78, 5) is 14.6. The Morgan fingerprint density at radius 2 is 1.72 bits per heavy atom. The van der Waals surface area contributed by atoms with Crippen LogP contribution in [0.25, 0.3) is 0 Å². The lowest BCUT2D eigenvalue weighted by Gasteiger charge is -2.34. The molecule has 0 radical (unpaired) electrons. The zero-order valence-electron chi connectivity index (χ0n) is 16.1. The molecule has 1 heterocycles. The molecule has 1 aliphatic heterocycles. The Balaban J connectivity index is 1.41. The predicted octanol–water partition coefficient (Wildman–Crippen LogP) is 3.51. The number of hydrogen-bond acceptors (Lipinski definition) is 3. The second-order valence-electron chi connectivity index (χ2n) is 8.37. The van der Waals surface area contributed by atoms with Crippen molar-refractivity contribution in [3.05, 3.63) is 29.8 Å². The predicted molar refractivity (Wildman–Crippen MR) is 100 cm³/mol. The number of benzene rings is 1. The van der Waals surface area contributed by atoms with Crippen LogP contribution in [0.4, 0.5) is 13.2 Å². The first-order chi connectivity index (χ1) is 13.7. The van der Waals surface area contributed by atoms with Crippen LogP contribution in [0.1, 0.15) is 44.1 Å². The molecule has 9 heteroatoms. The highest BCUT2D eigenvalue weighted by atomic mass is 32.2. The van der Waals surface area contributed by atoms with E-state index in [2.05, 4.69) is 0 Å². The summed E-state index contributed by atoms with van der Waals surface area (Å²) in [5.74, 6) is 0.527. The fourth-order valence-electron chi connectivity index (χ4n) is 3.94. The first-order valence-electron chi connectivity index (χ1n) is 10.1. The highest BCUT2D eigenvalue weighted by Gasteiger charge is 2.41. The van der Waals surface area contributed by atoms with Crippen LogP contribution < -0.4 is 0 Å². The molecule has 1 saturated heterocycles. The quantitative estimate of drug-likeness (QED) is 0.694. The van der Waals surface area contributed by atoms with E-state index in [1.807, 2.05) is 4.90 Å². The van der Waals surface area contributed by atoms with E-state index in [0.29, 0.717) is 30.9 Å². The van der Waals surface area contributed by atoms with E-state index >= 15 is 0 Å². The SMILES string of the molecule is O=C(C1CCN(S(=O)(=O)c2cccc(C(F)(F)F)c2)CC1)N(CC1CC1)C1CC1. The first-order valence-corrected chi connectivity index (χ1v) is 11.6. The number of amides is 1. The second kappa shape index (κ2) is 7.58. The minimum Gasteiger partial charge on any atom is -0.339 e. The van der Waals surface area contributed by atoms with Crippen molar-refractivity contribution >= 4 is 15.9 Å². The molecule has 160 valence electrons. The Labute approximate surface area is 168 Å². The number of rotatable bonds is 6. The van der Waals surface area contributed by atoms with Crippen molar-refractivity contribution in [1.82, 2.24) is 9.21 Å². The van der Waals surface area contributed by atoms with E-state index in [1.54, 1.807) is 0 Å². The molecule has 0 bridgehead atoms. The lowest BCUT2D eigenvalue weighted by molar-refractivity contribution is -0.138. The van der Waals surface area contributed by atoms with Gasteiger partial charge in [0, 0.05) is 31.6 Å². The number of carbonyl (C=O) groups is 1. The summed E-state index contributed by atoms with van der Waals surface area (Å²) in [6.07, 6.45) is 0.644. The molecule has 2 saturated carbocycles. The van der Waals surface area contributed by atoms with Gasteiger partial charge < -0.3 is 4.90 Å². The summed E-state index contributed by atoms with van der Waals surface area (Å²) >= 11 is 0. The van der Waals surface area contributed by atoms with Crippen molar-refractivity contribution in [3.8, 4) is 0 Å². The molecule has 29 heavy (non-hydrogen) atoms. The second-order valence-corrected chi connectivity index (χ2v) is 10.3. The number of nitrogens with zero attached hydrogens (tertiary/aromatic N) is 2. The minimum atomic E-state index is -4.60. The summed E-state index contributed by atoms with van der Waals surface area (Å²) in [6, 6.07) is 4.17. The Morgan fingerprint density at radius 1 is 1.07 bits per heavy atom. The van der Waals surface area contributed by atoms with Crippen molar-refractivity contribution < 1.29 is 26.4 Å². The maximum absolute atomic E-state index is 13.0. The van der Waals surface area contributed by atoms with Gasteiger partial charge >= 0.3 is 6.18 Å². The zero-order valence-corrected chi connectivity index (χ0v) is 16.9. The number of sulfonamides is 1. The van der Waals surface area contributed by atoms with Gasteiger partial charge in [-0.1, -0.05) is 6.07 Å². The molecule has 2 aliphatic carbocycles. The fraction of sp³-hybridized carbons (Fsp3) is 0.650. The molecule has 0 atom stereocenters. The Morgan fingerprint density at radius 3 is 2.28 bits per heavy atom. The van der Waals surface area contributed by atoms with E-state index in [4.69, 9.17) is 0 Å². The van der Waals surface area contributed by atoms with Crippen LogP contribution in [0.3, 0.4) is 0 Å². The minimum absolute atomic E-state index is 0.121. The van der Waals surface area contributed by atoms with Gasteiger partial charge in [0.25, 0.3) is 0 Å². The first kappa shape index (κ1) is 20.7. The highest BCUT2D eigenvalue weighted by molar-refractivity contribution is 7.89. The van der Waals surface area contributed by atoms with Gasteiger partial charge in [-0.2, -0.15) is 17.5 Å². The van der Waals surface area contributed by atoms with Crippen molar-refractivity contribution in [2.45, 2.75) is 55.6 Å². The molecule has 5 nitrogen and oxygen atoms in total.